The summed E-state index contributed by atoms with van der Waals surface area (Å²) in [6, 6.07) is 8.92. The average Bonchev–Trinajstić information content (AvgIpc) is 3.34. The Bertz CT molecular complexity index is 1090. The maximum absolute atomic E-state index is 12.6. The molecule has 0 spiro atoms. The van der Waals surface area contributed by atoms with Crippen molar-refractivity contribution in [1.29, 1.82) is 0 Å². The van der Waals surface area contributed by atoms with Crippen LogP contribution in [0.25, 0.3) is 5.53 Å². The molecular formula is C29H46N4O6S. The molecule has 11 heteroatoms. The Balaban J connectivity index is 0.000000294. The summed E-state index contributed by atoms with van der Waals surface area (Å²) in [5.41, 5.74) is 7.50. The largest absolute Gasteiger partial charge is 0.361 e. The van der Waals surface area contributed by atoms with Crippen molar-refractivity contribution in [2.75, 3.05) is 19.8 Å². The lowest BCUT2D eigenvalue weighted by Crippen LogP contribution is -2.50. The van der Waals surface area contributed by atoms with E-state index >= 15 is 0 Å². The minimum Gasteiger partial charge on any atom is -0.361 e. The molecule has 3 unspecified atom stereocenters. The Morgan fingerprint density at radius 2 is 1.45 bits per heavy atom. The summed E-state index contributed by atoms with van der Waals surface area (Å²) in [5, 5.41) is 0. The van der Waals surface area contributed by atoms with E-state index in [0.717, 1.165) is 12.8 Å². The number of hydrogen-bond acceptors (Lipinski definition) is 6. The molecule has 224 valence electrons. The van der Waals surface area contributed by atoms with Crippen LogP contribution in [0.3, 0.4) is 0 Å². The van der Waals surface area contributed by atoms with Gasteiger partial charge in [0, 0.05) is 6.92 Å². The van der Waals surface area contributed by atoms with Crippen molar-refractivity contribution in [2.45, 2.75) is 104 Å². The van der Waals surface area contributed by atoms with Crippen LogP contribution < -0.4 is 0 Å². The molecule has 0 aliphatic carbocycles. The summed E-state index contributed by atoms with van der Waals surface area (Å²) in [7, 11) is 0. The fraction of sp³-hybridized carbons (Fsp3) is 0.690. The SMILES string of the molecule is CC(=[N+]=[N-])C(=O)N1C(CC(C)C)COC1(C)C.CC(C)CC1COC(C)(C)N1C(=O)COS(=O)c1ccccc1. The third kappa shape index (κ3) is 9.04. The highest BCUT2D eigenvalue weighted by Gasteiger charge is 2.46. The highest BCUT2D eigenvalue weighted by molar-refractivity contribution is 7.80. The summed E-state index contributed by atoms with van der Waals surface area (Å²) in [6.45, 7) is 18.3. The lowest BCUT2D eigenvalue weighted by molar-refractivity contribution is -0.148. The summed E-state index contributed by atoms with van der Waals surface area (Å²) < 4.78 is 28.7. The summed E-state index contributed by atoms with van der Waals surface area (Å²) in [6.07, 6.45) is 1.75. The van der Waals surface area contributed by atoms with Crippen molar-refractivity contribution < 1.29 is 32.2 Å². The Morgan fingerprint density at radius 1 is 0.975 bits per heavy atom. The lowest BCUT2D eigenvalue weighted by atomic mass is 10.0. The molecule has 2 aliphatic rings. The molecule has 1 aromatic carbocycles. The molecule has 2 amide bonds. The van der Waals surface area contributed by atoms with Gasteiger partial charge in [0.2, 0.25) is 0 Å². The molecule has 10 nitrogen and oxygen atoms in total. The van der Waals surface area contributed by atoms with Crippen LogP contribution in [0, 0.1) is 11.8 Å². The van der Waals surface area contributed by atoms with E-state index in [9.17, 15) is 13.8 Å². The fourth-order valence-electron chi connectivity index (χ4n) is 5.11. The number of ether oxygens (including phenoxy) is 2. The van der Waals surface area contributed by atoms with Crippen molar-refractivity contribution in [3.8, 4) is 0 Å². The van der Waals surface area contributed by atoms with Crippen LogP contribution in [0.2, 0.25) is 0 Å². The first-order valence-electron chi connectivity index (χ1n) is 13.8. The van der Waals surface area contributed by atoms with Gasteiger partial charge in [-0.15, -0.1) is 0 Å². The van der Waals surface area contributed by atoms with Crippen molar-refractivity contribution in [3.05, 3.63) is 35.9 Å². The highest BCUT2D eigenvalue weighted by Crippen LogP contribution is 2.32. The minimum atomic E-state index is -1.64. The zero-order valence-corrected chi connectivity index (χ0v) is 26.2. The number of amides is 2. The second kappa shape index (κ2) is 14.5. The van der Waals surface area contributed by atoms with Gasteiger partial charge in [-0.2, -0.15) is 4.79 Å². The molecule has 1 aromatic rings. The van der Waals surface area contributed by atoms with E-state index in [0.29, 0.717) is 29.9 Å². The first-order valence-corrected chi connectivity index (χ1v) is 14.9. The van der Waals surface area contributed by atoms with E-state index in [1.165, 1.54) is 6.92 Å². The van der Waals surface area contributed by atoms with Gasteiger partial charge in [0.25, 0.3) is 5.91 Å². The number of benzene rings is 1. The quantitative estimate of drug-likeness (QED) is 0.243. The molecule has 2 heterocycles. The number of carbonyl (C=O) groups excluding carboxylic acids is 2. The van der Waals surface area contributed by atoms with Crippen LogP contribution in [0.4, 0.5) is 0 Å². The average molecular weight is 579 g/mol. The van der Waals surface area contributed by atoms with Crippen molar-refractivity contribution >= 4 is 28.6 Å². The van der Waals surface area contributed by atoms with E-state index < -0.39 is 22.5 Å². The summed E-state index contributed by atoms with van der Waals surface area (Å²) >= 11 is -1.64. The van der Waals surface area contributed by atoms with Gasteiger partial charge in [-0.05, 0) is 64.5 Å². The van der Waals surface area contributed by atoms with Gasteiger partial charge in [0.1, 0.15) is 18.1 Å². The smallest absolute Gasteiger partial charge is 0.353 e. The maximum Gasteiger partial charge on any atom is 0.353 e. The predicted molar refractivity (Wildman–Crippen MR) is 153 cm³/mol. The normalized spacial score (nSPS) is 22.1. The van der Waals surface area contributed by atoms with Crippen molar-refractivity contribution in [1.82, 2.24) is 9.80 Å². The van der Waals surface area contributed by atoms with Gasteiger partial charge in [-0.3, -0.25) is 18.7 Å². The maximum atomic E-state index is 12.6. The third-order valence-electron chi connectivity index (χ3n) is 6.81. The molecule has 40 heavy (non-hydrogen) atoms. The van der Waals surface area contributed by atoms with E-state index in [1.54, 1.807) is 34.1 Å². The third-order valence-corrected chi connectivity index (χ3v) is 7.80. The highest BCUT2D eigenvalue weighted by atomic mass is 32.2. The van der Waals surface area contributed by atoms with Crippen molar-refractivity contribution in [2.24, 2.45) is 11.8 Å². The first kappa shape index (κ1) is 33.8. The topological polar surface area (TPSA) is 122 Å². The molecule has 3 atom stereocenters. The summed E-state index contributed by atoms with van der Waals surface area (Å²) in [4.78, 5) is 31.7. The minimum absolute atomic E-state index is 0.0336. The van der Waals surface area contributed by atoms with E-state index in [2.05, 4.69) is 32.5 Å². The standard InChI is InChI=1S/C17H25NO4S.C12H21N3O2/c1-13(2)10-14-11-21-17(3,4)18(14)16(19)12-22-23(20)15-8-6-5-7-9-15;1-8(2)6-10-7-17-12(4,5)15(10)11(16)9(3)14-13/h5-9,13-14H,10-12H2,1-4H3;8,10H,6-7H2,1-5H3. The molecule has 0 aromatic heterocycles. The number of hydrogen-bond donors (Lipinski definition) is 0. The molecule has 0 bridgehead atoms. The summed E-state index contributed by atoms with van der Waals surface area (Å²) in [5.74, 6) is 0.495. The zero-order chi connectivity index (χ0) is 30.3. The molecule has 2 fully saturated rings. The molecular weight excluding hydrogens is 532 g/mol. The van der Waals surface area contributed by atoms with Gasteiger partial charge in [-0.25, -0.2) is 4.21 Å². The Labute approximate surface area is 241 Å². The van der Waals surface area contributed by atoms with E-state index in [4.69, 9.17) is 19.2 Å². The van der Waals surface area contributed by atoms with Crippen LogP contribution in [-0.2, 0) is 34.3 Å². The van der Waals surface area contributed by atoms with Crippen molar-refractivity contribution in [3.63, 3.8) is 0 Å². The Morgan fingerprint density at radius 3 is 1.93 bits per heavy atom. The van der Waals surface area contributed by atoms with Gasteiger partial charge in [0.15, 0.2) is 11.1 Å². The number of nitrogens with zero attached hydrogens (tertiary/aromatic N) is 4. The Hall–Kier alpha value is -2.43. The second-order valence-corrected chi connectivity index (χ2v) is 13.2. The van der Waals surface area contributed by atoms with Gasteiger partial charge < -0.3 is 19.9 Å². The van der Waals surface area contributed by atoms with Gasteiger partial charge in [-0.1, -0.05) is 45.9 Å². The lowest BCUT2D eigenvalue weighted by Gasteiger charge is -2.34. The molecule has 2 aliphatic heterocycles. The molecule has 0 N–H and O–H groups in total. The van der Waals surface area contributed by atoms with E-state index in [-0.39, 0.29) is 36.2 Å². The fourth-order valence-corrected chi connectivity index (χ4v) is 5.83. The number of carbonyl (C=O) groups is 2. The molecule has 2 saturated heterocycles. The van der Waals surface area contributed by atoms with Gasteiger partial charge >= 0.3 is 11.6 Å². The van der Waals surface area contributed by atoms with Gasteiger partial charge in [0.05, 0.1) is 30.2 Å². The van der Waals surface area contributed by atoms with Crippen LogP contribution in [0.5, 0.6) is 0 Å². The monoisotopic (exact) mass is 578 g/mol. The molecule has 0 saturated carbocycles. The zero-order valence-electron chi connectivity index (χ0n) is 25.4. The molecule has 0 radical (unpaired) electrons. The Kier molecular flexibility index (Phi) is 12.2. The first-order chi connectivity index (χ1) is 18.6. The second-order valence-electron chi connectivity index (χ2n) is 12.0. The predicted octanol–water partition coefficient (Wildman–Crippen LogP) is 4.42. The van der Waals surface area contributed by atoms with Crippen LogP contribution >= 0.6 is 0 Å². The van der Waals surface area contributed by atoms with Crippen LogP contribution in [0.1, 0.15) is 75.2 Å². The van der Waals surface area contributed by atoms with E-state index in [1.807, 2.05) is 33.8 Å². The number of rotatable bonds is 9. The van der Waals surface area contributed by atoms with Crippen LogP contribution in [-0.4, -0.2) is 79.7 Å². The molecule has 3 rings (SSSR count). The van der Waals surface area contributed by atoms with Crippen LogP contribution in [0.15, 0.2) is 35.2 Å².